The zero-order valence-corrected chi connectivity index (χ0v) is 7.92. The van der Waals surface area contributed by atoms with Crippen LogP contribution in [0.4, 0.5) is 0 Å². The summed E-state index contributed by atoms with van der Waals surface area (Å²) in [5, 5.41) is 8.63. The molecule has 0 spiro atoms. The molecule has 3 nitrogen and oxygen atoms in total. The quantitative estimate of drug-likeness (QED) is 0.686. The molecule has 72 valence electrons. The van der Waals surface area contributed by atoms with Crippen LogP contribution >= 0.6 is 0 Å². The molecule has 0 saturated heterocycles. The Bertz CT molecular complexity index is 480. The van der Waals surface area contributed by atoms with Crippen LogP contribution in [0.5, 0.6) is 0 Å². The molecule has 1 unspecified atom stereocenters. The number of nitriles is 1. The van der Waals surface area contributed by atoms with Crippen molar-refractivity contribution in [3.8, 4) is 6.07 Å². The van der Waals surface area contributed by atoms with E-state index in [-0.39, 0.29) is 5.91 Å². The van der Waals surface area contributed by atoms with E-state index in [0.29, 0.717) is 5.71 Å². The van der Waals surface area contributed by atoms with E-state index in [0.717, 1.165) is 5.56 Å². The van der Waals surface area contributed by atoms with Crippen LogP contribution in [0.3, 0.4) is 0 Å². The minimum absolute atomic E-state index is 0.390. The monoisotopic (exact) mass is 196 g/mol. The molecule has 1 aliphatic rings. The predicted molar refractivity (Wildman–Crippen MR) is 56.2 cm³/mol. The summed E-state index contributed by atoms with van der Waals surface area (Å²) >= 11 is 0. The van der Waals surface area contributed by atoms with Crippen LogP contribution in [0.1, 0.15) is 5.56 Å². The van der Waals surface area contributed by atoms with Crippen LogP contribution in [0, 0.1) is 17.2 Å². The Hall–Kier alpha value is -2.21. The van der Waals surface area contributed by atoms with Gasteiger partial charge in [-0.1, -0.05) is 36.4 Å². The molecule has 0 saturated carbocycles. The molecule has 1 amide bonds. The zero-order chi connectivity index (χ0) is 10.7. The van der Waals surface area contributed by atoms with Gasteiger partial charge in [0.15, 0.2) is 0 Å². The molecular weight excluding hydrogens is 188 g/mol. The maximum atomic E-state index is 11.3. The first-order valence-electron chi connectivity index (χ1n) is 4.57. The van der Waals surface area contributed by atoms with Gasteiger partial charge in [0.25, 0.3) is 5.91 Å². The third kappa shape index (κ3) is 1.84. The van der Waals surface area contributed by atoms with Crippen molar-refractivity contribution in [2.24, 2.45) is 10.9 Å². The fourth-order valence-corrected chi connectivity index (χ4v) is 1.36. The fraction of sp³-hybridized carbons (Fsp3) is 0.0833. The standard InChI is InChI=1S/C12H8N2O/c13-8-10-6-7-11(14-12(10)15)9-4-2-1-3-5-9/h1-7,10H. The lowest BCUT2D eigenvalue weighted by Gasteiger charge is -2.07. The number of rotatable bonds is 1. The number of carbonyl (C=O) groups is 1. The van der Waals surface area contributed by atoms with Gasteiger partial charge >= 0.3 is 0 Å². The van der Waals surface area contributed by atoms with Crippen molar-refractivity contribution in [1.29, 1.82) is 5.26 Å². The van der Waals surface area contributed by atoms with Gasteiger partial charge in [0.1, 0.15) is 5.92 Å². The summed E-state index contributed by atoms with van der Waals surface area (Å²) < 4.78 is 0. The molecule has 15 heavy (non-hydrogen) atoms. The first-order valence-corrected chi connectivity index (χ1v) is 4.57. The summed E-state index contributed by atoms with van der Waals surface area (Å²) in [4.78, 5) is 15.2. The Morgan fingerprint density at radius 3 is 2.60 bits per heavy atom. The van der Waals surface area contributed by atoms with Crippen molar-refractivity contribution in [2.75, 3.05) is 0 Å². The lowest BCUT2D eigenvalue weighted by Crippen LogP contribution is -2.15. The molecule has 2 rings (SSSR count). The van der Waals surface area contributed by atoms with E-state index in [1.807, 2.05) is 36.4 Å². The molecule has 0 bridgehead atoms. The van der Waals surface area contributed by atoms with E-state index in [1.54, 1.807) is 12.2 Å². The molecule has 0 N–H and O–H groups in total. The Morgan fingerprint density at radius 1 is 1.27 bits per heavy atom. The Balaban J connectivity index is 2.33. The third-order valence-corrected chi connectivity index (χ3v) is 2.15. The highest BCUT2D eigenvalue weighted by atomic mass is 16.1. The van der Waals surface area contributed by atoms with Gasteiger partial charge in [-0.05, 0) is 6.08 Å². The fourth-order valence-electron chi connectivity index (χ4n) is 1.36. The number of dihydropyridines is 1. The maximum absolute atomic E-state index is 11.3. The summed E-state index contributed by atoms with van der Waals surface area (Å²) in [6.07, 6.45) is 3.29. The van der Waals surface area contributed by atoms with Crippen molar-refractivity contribution >= 4 is 11.6 Å². The highest BCUT2D eigenvalue weighted by molar-refractivity contribution is 6.15. The second-order valence-corrected chi connectivity index (χ2v) is 3.17. The zero-order valence-electron chi connectivity index (χ0n) is 7.92. The number of benzene rings is 1. The van der Waals surface area contributed by atoms with Gasteiger partial charge in [0, 0.05) is 5.56 Å². The summed E-state index contributed by atoms with van der Waals surface area (Å²) in [5.74, 6) is -1.11. The van der Waals surface area contributed by atoms with Crippen LogP contribution in [-0.2, 0) is 4.79 Å². The van der Waals surface area contributed by atoms with Crippen molar-refractivity contribution in [3.63, 3.8) is 0 Å². The van der Waals surface area contributed by atoms with E-state index >= 15 is 0 Å². The summed E-state index contributed by atoms with van der Waals surface area (Å²) in [6, 6.07) is 11.3. The SMILES string of the molecule is N#CC1C=CC(c2ccccc2)=NC1=O. The Labute approximate surface area is 87.4 Å². The van der Waals surface area contributed by atoms with E-state index in [4.69, 9.17) is 5.26 Å². The van der Waals surface area contributed by atoms with Gasteiger partial charge in [-0.2, -0.15) is 5.26 Å². The first-order chi connectivity index (χ1) is 7.31. The lowest BCUT2D eigenvalue weighted by atomic mass is 10.0. The first kappa shape index (κ1) is 9.35. The van der Waals surface area contributed by atoms with Crippen molar-refractivity contribution in [1.82, 2.24) is 0 Å². The molecule has 0 fully saturated rings. The van der Waals surface area contributed by atoms with E-state index < -0.39 is 5.92 Å². The molecule has 0 aliphatic carbocycles. The molecule has 0 aromatic heterocycles. The maximum Gasteiger partial charge on any atom is 0.267 e. The largest absolute Gasteiger partial charge is 0.271 e. The van der Waals surface area contributed by atoms with Gasteiger partial charge < -0.3 is 0 Å². The number of aliphatic imine (C=N–C) groups is 1. The number of amides is 1. The Morgan fingerprint density at radius 2 is 2.00 bits per heavy atom. The molecule has 1 atom stereocenters. The molecule has 1 aromatic carbocycles. The number of carbonyl (C=O) groups excluding carboxylic acids is 1. The summed E-state index contributed by atoms with van der Waals surface area (Å²) in [7, 11) is 0. The van der Waals surface area contributed by atoms with Crippen LogP contribution < -0.4 is 0 Å². The second-order valence-electron chi connectivity index (χ2n) is 3.17. The minimum Gasteiger partial charge on any atom is -0.271 e. The van der Waals surface area contributed by atoms with Crippen molar-refractivity contribution in [2.45, 2.75) is 0 Å². The topological polar surface area (TPSA) is 53.2 Å². The third-order valence-electron chi connectivity index (χ3n) is 2.15. The van der Waals surface area contributed by atoms with Gasteiger partial charge in [0.2, 0.25) is 0 Å². The molecule has 1 aliphatic heterocycles. The van der Waals surface area contributed by atoms with Crippen LogP contribution in [0.2, 0.25) is 0 Å². The van der Waals surface area contributed by atoms with Gasteiger partial charge in [-0.3, -0.25) is 4.79 Å². The lowest BCUT2D eigenvalue weighted by molar-refractivity contribution is -0.118. The summed E-state index contributed by atoms with van der Waals surface area (Å²) in [6.45, 7) is 0. The van der Waals surface area contributed by atoms with Crippen molar-refractivity contribution < 1.29 is 4.79 Å². The van der Waals surface area contributed by atoms with E-state index in [2.05, 4.69) is 4.99 Å². The second kappa shape index (κ2) is 3.89. The Kier molecular flexibility index (Phi) is 2.42. The van der Waals surface area contributed by atoms with Crippen LogP contribution in [0.25, 0.3) is 0 Å². The smallest absolute Gasteiger partial charge is 0.267 e. The molecular formula is C12H8N2O. The molecule has 1 aromatic rings. The van der Waals surface area contributed by atoms with Crippen LogP contribution in [0.15, 0.2) is 47.5 Å². The van der Waals surface area contributed by atoms with Gasteiger partial charge in [-0.15, -0.1) is 0 Å². The minimum atomic E-state index is -0.725. The average Bonchev–Trinajstić information content (AvgIpc) is 2.30. The average molecular weight is 196 g/mol. The molecule has 3 heteroatoms. The molecule has 0 radical (unpaired) electrons. The predicted octanol–water partition coefficient (Wildman–Crippen LogP) is 1.71. The van der Waals surface area contributed by atoms with Crippen molar-refractivity contribution in [3.05, 3.63) is 48.0 Å². The highest BCUT2D eigenvalue weighted by Gasteiger charge is 2.18. The number of nitrogens with zero attached hydrogens (tertiary/aromatic N) is 2. The number of hydrogen-bond donors (Lipinski definition) is 0. The normalized spacial score (nSPS) is 19.5. The molecule has 1 heterocycles. The van der Waals surface area contributed by atoms with Gasteiger partial charge in [0.05, 0.1) is 11.8 Å². The van der Waals surface area contributed by atoms with Gasteiger partial charge in [-0.25, -0.2) is 4.99 Å². The van der Waals surface area contributed by atoms with E-state index in [9.17, 15) is 4.79 Å². The van der Waals surface area contributed by atoms with E-state index in [1.165, 1.54) is 0 Å². The summed E-state index contributed by atoms with van der Waals surface area (Å²) in [5.41, 5.74) is 1.51. The number of hydrogen-bond acceptors (Lipinski definition) is 2. The number of allylic oxidation sites excluding steroid dienone is 1. The van der Waals surface area contributed by atoms with Crippen LogP contribution in [-0.4, -0.2) is 11.6 Å². The highest BCUT2D eigenvalue weighted by Crippen LogP contribution is 2.12.